The van der Waals surface area contributed by atoms with E-state index in [2.05, 4.69) is 63.3 Å². The zero-order valence-electron chi connectivity index (χ0n) is 11.7. The van der Waals surface area contributed by atoms with Crippen LogP contribution in [0, 0.1) is 0 Å². The molecule has 1 aromatic rings. The molecule has 92 valence electrons. The van der Waals surface area contributed by atoms with E-state index < -0.39 is 0 Å². The van der Waals surface area contributed by atoms with E-state index in [0.717, 1.165) is 6.42 Å². The summed E-state index contributed by atoms with van der Waals surface area (Å²) in [6.45, 7) is 10.7. The molecule has 0 bridgehead atoms. The highest BCUT2D eigenvalue weighted by Gasteiger charge is 2.33. The Bertz CT molecular complexity index is 419. The molecule has 0 spiro atoms. The molecule has 0 amide bonds. The third kappa shape index (κ3) is 2.69. The van der Waals surface area contributed by atoms with Gasteiger partial charge in [0.1, 0.15) is 0 Å². The second-order valence-corrected chi connectivity index (χ2v) is 4.68. The van der Waals surface area contributed by atoms with Gasteiger partial charge in [0.2, 0.25) is 0 Å². The summed E-state index contributed by atoms with van der Waals surface area (Å²) in [5, 5.41) is 0. The molecular formula is C17H24. The first-order valence-electron chi connectivity index (χ1n) is 6.57. The number of benzene rings is 1. The summed E-state index contributed by atoms with van der Waals surface area (Å²) in [5.41, 5.74) is 4.69. The Morgan fingerprint density at radius 3 is 2.35 bits per heavy atom. The highest BCUT2D eigenvalue weighted by atomic mass is 14.4. The Morgan fingerprint density at radius 1 is 1.12 bits per heavy atom. The Balaban J connectivity index is 0.000000686. The van der Waals surface area contributed by atoms with Gasteiger partial charge >= 0.3 is 0 Å². The zero-order chi connectivity index (χ0) is 12.9. The van der Waals surface area contributed by atoms with Crippen LogP contribution in [-0.4, -0.2) is 0 Å². The lowest BCUT2D eigenvalue weighted by Crippen LogP contribution is -2.14. The van der Waals surface area contributed by atoms with E-state index in [1.807, 2.05) is 13.8 Å². The van der Waals surface area contributed by atoms with Gasteiger partial charge in [-0.25, -0.2) is 0 Å². The van der Waals surface area contributed by atoms with Gasteiger partial charge in [-0.05, 0) is 24.5 Å². The molecule has 0 heterocycles. The molecule has 0 heteroatoms. The summed E-state index contributed by atoms with van der Waals surface area (Å²) in [7, 11) is 0. The minimum absolute atomic E-state index is 0.204. The van der Waals surface area contributed by atoms with Crippen LogP contribution in [-0.2, 0) is 11.8 Å². The Morgan fingerprint density at radius 2 is 1.76 bits per heavy atom. The molecule has 0 aliphatic heterocycles. The molecule has 0 saturated carbocycles. The molecule has 0 nitrogen and oxygen atoms in total. The van der Waals surface area contributed by atoms with Crippen molar-refractivity contribution in [1.29, 1.82) is 0 Å². The van der Waals surface area contributed by atoms with Crippen molar-refractivity contribution in [3.8, 4) is 0 Å². The van der Waals surface area contributed by atoms with E-state index in [-0.39, 0.29) is 5.41 Å². The highest BCUT2D eigenvalue weighted by molar-refractivity contribution is 5.50. The van der Waals surface area contributed by atoms with Crippen molar-refractivity contribution in [1.82, 2.24) is 0 Å². The van der Waals surface area contributed by atoms with Crippen LogP contribution in [0.2, 0.25) is 0 Å². The average Bonchev–Trinajstić information content (AvgIpc) is 2.61. The summed E-state index contributed by atoms with van der Waals surface area (Å²) in [6, 6.07) is 8.77. The van der Waals surface area contributed by atoms with Gasteiger partial charge in [-0.3, -0.25) is 0 Å². The van der Waals surface area contributed by atoms with Crippen LogP contribution in [0.25, 0.3) is 0 Å². The molecule has 0 saturated heterocycles. The van der Waals surface area contributed by atoms with E-state index in [9.17, 15) is 0 Å². The van der Waals surface area contributed by atoms with Crippen LogP contribution < -0.4 is 0 Å². The minimum Gasteiger partial charge on any atom is -0.0877 e. The lowest BCUT2D eigenvalue weighted by Gasteiger charge is -2.21. The van der Waals surface area contributed by atoms with Crippen LogP contribution in [0.15, 0.2) is 48.1 Å². The van der Waals surface area contributed by atoms with Crippen molar-refractivity contribution >= 4 is 0 Å². The van der Waals surface area contributed by atoms with Gasteiger partial charge in [0.05, 0.1) is 0 Å². The lowest BCUT2D eigenvalue weighted by atomic mass is 9.82. The normalized spacial score (nSPS) is 19.0. The average molecular weight is 228 g/mol. The number of hydrogen-bond acceptors (Lipinski definition) is 0. The molecule has 0 N–H and O–H groups in total. The molecule has 17 heavy (non-hydrogen) atoms. The summed E-state index contributed by atoms with van der Waals surface area (Å²) in [5.74, 6) is 0. The Hall–Kier alpha value is -1.30. The fraction of sp³-hybridized carbons (Fsp3) is 0.412. The quantitative estimate of drug-likeness (QED) is 0.631. The van der Waals surface area contributed by atoms with E-state index in [0.29, 0.717) is 0 Å². The van der Waals surface area contributed by atoms with E-state index in [1.54, 1.807) is 0 Å². The molecule has 0 aromatic heterocycles. The largest absolute Gasteiger partial charge is 0.0877 e. The predicted octanol–water partition coefficient (Wildman–Crippen LogP) is 5.05. The molecule has 2 rings (SSSR count). The van der Waals surface area contributed by atoms with Crippen molar-refractivity contribution in [3.05, 3.63) is 59.2 Å². The molecular weight excluding hydrogens is 204 g/mol. The minimum atomic E-state index is 0.204. The number of allylic oxidation sites excluding steroid dienone is 4. The zero-order valence-corrected chi connectivity index (χ0v) is 11.7. The molecule has 0 unspecified atom stereocenters. The summed E-state index contributed by atoms with van der Waals surface area (Å²) in [6.07, 6.45) is 7.60. The highest BCUT2D eigenvalue weighted by Crippen LogP contribution is 2.42. The first-order chi connectivity index (χ1) is 8.16. The Kier molecular flexibility index (Phi) is 4.74. The molecule has 0 radical (unpaired) electrons. The van der Waals surface area contributed by atoms with Gasteiger partial charge in [0.25, 0.3) is 0 Å². The van der Waals surface area contributed by atoms with E-state index in [1.165, 1.54) is 16.7 Å². The summed E-state index contributed by atoms with van der Waals surface area (Å²) >= 11 is 0. The van der Waals surface area contributed by atoms with Gasteiger partial charge in [0, 0.05) is 5.41 Å². The second-order valence-electron chi connectivity index (χ2n) is 4.68. The monoisotopic (exact) mass is 228 g/mol. The van der Waals surface area contributed by atoms with Crippen molar-refractivity contribution in [2.75, 3.05) is 0 Å². The van der Waals surface area contributed by atoms with Gasteiger partial charge < -0.3 is 0 Å². The van der Waals surface area contributed by atoms with Gasteiger partial charge in [-0.2, -0.15) is 0 Å². The topological polar surface area (TPSA) is 0 Å². The molecule has 1 aliphatic rings. The maximum atomic E-state index is 2.31. The molecule has 1 aliphatic carbocycles. The van der Waals surface area contributed by atoms with Crippen LogP contribution >= 0.6 is 0 Å². The summed E-state index contributed by atoms with van der Waals surface area (Å²) < 4.78 is 0. The van der Waals surface area contributed by atoms with Crippen molar-refractivity contribution in [3.63, 3.8) is 0 Å². The fourth-order valence-electron chi connectivity index (χ4n) is 2.36. The van der Waals surface area contributed by atoms with E-state index >= 15 is 0 Å². The van der Waals surface area contributed by atoms with Crippen molar-refractivity contribution in [2.24, 2.45) is 0 Å². The number of fused-ring (bicyclic) bond motifs is 1. The Labute approximate surface area is 106 Å². The second kappa shape index (κ2) is 5.86. The molecule has 0 fully saturated rings. The summed E-state index contributed by atoms with van der Waals surface area (Å²) in [4.78, 5) is 0. The molecule has 1 aromatic carbocycles. The number of hydrogen-bond donors (Lipinski definition) is 0. The van der Waals surface area contributed by atoms with Crippen molar-refractivity contribution in [2.45, 2.75) is 46.5 Å². The molecule has 0 atom stereocenters. The SMILES string of the molecule is C/C=C\C=C1/Cc2ccccc2C1(C)C.CC. The lowest BCUT2D eigenvalue weighted by molar-refractivity contribution is 0.644. The van der Waals surface area contributed by atoms with Crippen molar-refractivity contribution < 1.29 is 0 Å². The van der Waals surface area contributed by atoms with Gasteiger partial charge in [-0.15, -0.1) is 0 Å². The number of rotatable bonds is 1. The van der Waals surface area contributed by atoms with Crippen LogP contribution in [0.4, 0.5) is 0 Å². The smallest absolute Gasteiger partial charge is 0.0114 e. The fourth-order valence-corrected chi connectivity index (χ4v) is 2.36. The third-order valence-electron chi connectivity index (χ3n) is 3.36. The first-order valence-corrected chi connectivity index (χ1v) is 6.57. The maximum Gasteiger partial charge on any atom is 0.0114 e. The van der Waals surface area contributed by atoms with Crippen LogP contribution in [0.3, 0.4) is 0 Å². The van der Waals surface area contributed by atoms with Crippen LogP contribution in [0.1, 0.15) is 45.7 Å². The standard InChI is InChI=1S/C15H18.C2H6/c1-4-5-9-13-11-12-8-6-7-10-14(12)15(13,2)3;1-2/h4-10H,11H2,1-3H3;1-2H3/b5-4-,13-9+;. The van der Waals surface area contributed by atoms with Gasteiger partial charge in [0.15, 0.2) is 0 Å². The first kappa shape index (κ1) is 13.8. The van der Waals surface area contributed by atoms with Gasteiger partial charge in [-0.1, -0.05) is 75.8 Å². The third-order valence-corrected chi connectivity index (χ3v) is 3.36. The maximum absolute atomic E-state index is 2.31. The van der Waals surface area contributed by atoms with E-state index in [4.69, 9.17) is 0 Å². The predicted molar refractivity (Wildman–Crippen MR) is 77.4 cm³/mol. The van der Waals surface area contributed by atoms with Crippen LogP contribution in [0.5, 0.6) is 0 Å².